The van der Waals surface area contributed by atoms with Crippen molar-refractivity contribution >= 4 is 17.8 Å². The fraction of sp³-hybridized carbons (Fsp3) is 0.0952. The lowest BCUT2D eigenvalue weighted by molar-refractivity contribution is 1.08. The van der Waals surface area contributed by atoms with Crippen LogP contribution in [-0.2, 0) is 6.54 Å². The number of hydrogen-bond donors (Lipinski definition) is 0. The van der Waals surface area contributed by atoms with Crippen LogP contribution in [0.25, 0.3) is 11.1 Å². The second-order valence-electron chi connectivity index (χ2n) is 5.54. The summed E-state index contributed by atoms with van der Waals surface area (Å²) in [4.78, 5) is 4.58. The van der Waals surface area contributed by atoms with Crippen molar-refractivity contribution in [1.82, 2.24) is 0 Å². The van der Waals surface area contributed by atoms with Gasteiger partial charge >= 0.3 is 0 Å². The minimum Gasteiger partial charge on any atom is -0.288 e. The largest absolute Gasteiger partial charge is 0.288 e. The van der Waals surface area contributed by atoms with Crippen LogP contribution in [0.1, 0.15) is 16.7 Å². The maximum absolute atomic E-state index is 5.90. The highest BCUT2D eigenvalue weighted by Gasteiger charge is 2.03. The minimum atomic E-state index is 0.659. The van der Waals surface area contributed by atoms with Crippen LogP contribution in [0.5, 0.6) is 0 Å². The Hall–Kier alpha value is -2.38. The SMILES string of the molecule is Cc1ccc(-c2ccccc2CN=Cc2ccc(Cl)cc2)cc1. The van der Waals surface area contributed by atoms with E-state index in [1.54, 1.807) is 0 Å². The maximum atomic E-state index is 5.90. The van der Waals surface area contributed by atoms with Gasteiger partial charge in [-0.15, -0.1) is 0 Å². The molecule has 1 nitrogen and oxygen atoms in total. The van der Waals surface area contributed by atoms with Crippen LogP contribution in [0.15, 0.2) is 77.8 Å². The summed E-state index contributed by atoms with van der Waals surface area (Å²) in [7, 11) is 0. The van der Waals surface area contributed by atoms with Crippen molar-refractivity contribution in [3.05, 3.63) is 94.5 Å². The molecule has 114 valence electrons. The summed E-state index contributed by atoms with van der Waals surface area (Å²) in [5.41, 5.74) is 6.02. The fourth-order valence-electron chi connectivity index (χ4n) is 2.47. The highest BCUT2D eigenvalue weighted by atomic mass is 35.5. The molecule has 0 heterocycles. The van der Waals surface area contributed by atoms with E-state index in [0.29, 0.717) is 6.54 Å². The molecule has 0 saturated carbocycles. The van der Waals surface area contributed by atoms with E-state index < -0.39 is 0 Å². The molecule has 0 aliphatic heterocycles. The fourth-order valence-corrected chi connectivity index (χ4v) is 2.60. The van der Waals surface area contributed by atoms with Crippen LogP contribution >= 0.6 is 11.6 Å². The van der Waals surface area contributed by atoms with Gasteiger partial charge in [-0.1, -0.05) is 77.8 Å². The molecule has 0 aliphatic rings. The zero-order valence-electron chi connectivity index (χ0n) is 13.0. The first-order valence-electron chi connectivity index (χ1n) is 7.63. The first kappa shape index (κ1) is 15.5. The number of benzene rings is 3. The Kier molecular flexibility index (Phi) is 4.89. The van der Waals surface area contributed by atoms with E-state index in [0.717, 1.165) is 10.6 Å². The molecule has 3 rings (SSSR count). The molecule has 0 radical (unpaired) electrons. The average Bonchev–Trinajstić information content (AvgIpc) is 2.58. The van der Waals surface area contributed by atoms with Crippen LogP contribution in [0.2, 0.25) is 5.02 Å². The van der Waals surface area contributed by atoms with Crippen LogP contribution in [0.3, 0.4) is 0 Å². The predicted molar refractivity (Wildman–Crippen MR) is 99.4 cm³/mol. The molecule has 0 amide bonds. The molecule has 0 fully saturated rings. The highest BCUT2D eigenvalue weighted by molar-refractivity contribution is 6.30. The maximum Gasteiger partial charge on any atom is 0.0645 e. The Balaban J connectivity index is 1.80. The van der Waals surface area contributed by atoms with E-state index in [9.17, 15) is 0 Å². The van der Waals surface area contributed by atoms with Gasteiger partial charge in [-0.3, -0.25) is 4.99 Å². The molecule has 3 aromatic rings. The Morgan fingerprint density at radius 1 is 0.870 bits per heavy atom. The monoisotopic (exact) mass is 319 g/mol. The molecule has 0 bridgehead atoms. The van der Waals surface area contributed by atoms with Crippen LogP contribution < -0.4 is 0 Å². The molecule has 0 spiro atoms. The number of aliphatic imine (C=N–C) groups is 1. The van der Waals surface area contributed by atoms with E-state index in [1.807, 2.05) is 30.5 Å². The summed E-state index contributed by atoms with van der Waals surface area (Å²) in [6.45, 7) is 2.76. The van der Waals surface area contributed by atoms with Crippen molar-refractivity contribution in [2.75, 3.05) is 0 Å². The molecule has 23 heavy (non-hydrogen) atoms. The quantitative estimate of drug-likeness (QED) is 0.528. The van der Waals surface area contributed by atoms with Crippen molar-refractivity contribution in [2.45, 2.75) is 13.5 Å². The first-order chi connectivity index (χ1) is 11.2. The van der Waals surface area contributed by atoms with Gasteiger partial charge < -0.3 is 0 Å². The van der Waals surface area contributed by atoms with Crippen LogP contribution in [0, 0.1) is 6.92 Å². The third-order valence-electron chi connectivity index (χ3n) is 3.75. The highest BCUT2D eigenvalue weighted by Crippen LogP contribution is 2.24. The molecular formula is C21H18ClN. The second kappa shape index (κ2) is 7.26. The number of halogens is 1. The smallest absolute Gasteiger partial charge is 0.0645 e. The molecular weight excluding hydrogens is 302 g/mol. The average molecular weight is 320 g/mol. The van der Waals surface area contributed by atoms with Crippen molar-refractivity contribution < 1.29 is 0 Å². The predicted octanol–water partition coefficient (Wildman–Crippen LogP) is 5.93. The summed E-state index contributed by atoms with van der Waals surface area (Å²) in [5, 5.41) is 0.742. The van der Waals surface area contributed by atoms with Gasteiger partial charge in [0.25, 0.3) is 0 Å². The second-order valence-corrected chi connectivity index (χ2v) is 5.98. The van der Waals surface area contributed by atoms with Gasteiger partial charge in [-0.2, -0.15) is 0 Å². The topological polar surface area (TPSA) is 12.4 Å². The van der Waals surface area contributed by atoms with Gasteiger partial charge in [0, 0.05) is 11.2 Å². The Bertz CT molecular complexity index is 802. The van der Waals surface area contributed by atoms with Crippen LogP contribution in [-0.4, -0.2) is 6.21 Å². The van der Waals surface area contributed by atoms with Gasteiger partial charge in [0.1, 0.15) is 0 Å². The molecule has 2 heteroatoms. The third-order valence-corrected chi connectivity index (χ3v) is 4.00. The first-order valence-corrected chi connectivity index (χ1v) is 8.00. The Labute approximate surface area is 142 Å². The van der Waals surface area contributed by atoms with Gasteiger partial charge in [-0.05, 0) is 41.3 Å². The summed E-state index contributed by atoms with van der Waals surface area (Å²) in [6, 6.07) is 24.7. The molecule has 0 N–H and O–H groups in total. The normalized spacial score (nSPS) is 11.0. The minimum absolute atomic E-state index is 0.659. The zero-order valence-corrected chi connectivity index (χ0v) is 13.8. The van der Waals surface area contributed by atoms with Crippen LogP contribution in [0.4, 0.5) is 0 Å². The number of aryl methyl sites for hydroxylation is 1. The van der Waals surface area contributed by atoms with Gasteiger partial charge in [-0.25, -0.2) is 0 Å². The third kappa shape index (κ3) is 4.08. The Morgan fingerprint density at radius 3 is 2.30 bits per heavy atom. The van der Waals surface area contributed by atoms with Gasteiger partial charge in [0.15, 0.2) is 0 Å². The van der Waals surface area contributed by atoms with Gasteiger partial charge in [0.05, 0.1) is 6.54 Å². The van der Waals surface area contributed by atoms with E-state index in [1.165, 1.54) is 22.3 Å². The lowest BCUT2D eigenvalue weighted by Gasteiger charge is -2.08. The van der Waals surface area contributed by atoms with Crippen molar-refractivity contribution in [1.29, 1.82) is 0 Å². The number of rotatable bonds is 4. The molecule has 0 unspecified atom stereocenters. The van der Waals surface area contributed by atoms with E-state index in [2.05, 4.69) is 60.4 Å². The summed E-state index contributed by atoms with van der Waals surface area (Å²) in [5.74, 6) is 0. The zero-order chi connectivity index (χ0) is 16.1. The van der Waals surface area contributed by atoms with Crippen molar-refractivity contribution in [3.63, 3.8) is 0 Å². The van der Waals surface area contributed by atoms with E-state index in [-0.39, 0.29) is 0 Å². The molecule has 0 aromatic heterocycles. The number of hydrogen-bond acceptors (Lipinski definition) is 1. The Morgan fingerprint density at radius 2 is 1.57 bits per heavy atom. The molecule has 0 saturated heterocycles. The van der Waals surface area contributed by atoms with E-state index in [4.69, 9.17) is 11.6 Å². The standard InChI is InChI=1S/C21H18ClN/c1-16-6-10-18(11-7-16)21-5-3-2-4-19(21)15-23-14-17-8-12-20(22)13-9-17/h2-14H,15H2,1H3. The van der Waals surface area contributed by atoms with E-state index >= 15 is 0 Å². The molecule has 0 atom stereocenters. The van der Waals surface area contributed by atoms with Crippen molar-refractivity contribution in [3.8, 4) is 11.1 Å². The lowest BCUT2D eigenvalue weighted by Crippen LogP contribution is -1.89. The number of nitrogens with zero attached hydrogens (tertiary/aromatic N) is 1. The summed E-state index contributed by atoms with van der Waals surface area (Å²) >= 11 is 5.90. The van der Waals surface area contributed by atoms with Gasteiger partial charge in [0.2, 0.25) is 0 Å². The lowest BCUT2D eigenvalue weighted by atomic mass is 9.99. The molecule has 0 aliphatic carbocycles. The summed E-state index contributed by atoms with van der Waals surface area (Å²) in [6.07, 6.45) is 1.89. The summed E-state index contributed by atoms with van der Waals surface area (Å²) < 4.78 is 0. The molecule has 3 aromatic carbocycles. The van der Waals surface area contributed by atoms with Crippen molar-refractivity contribution in [2.24, 2.45) is 4.99 Å².